The van der Waals surface area contributed by atoms with Crippen molar-refractivity contribution >= 4 is 17.2 Å². The minimum absolute atomic E-state index is 0.0147. The predicted molar refractivity (Wildman–Crippen MR) is 70.8 cm³/mol. The van der Waals surface area contributed by atoms with Gasteiger partial charge in [-0.15, -0.1) is 11.3 Å². The summed E-state index contributed by atoms with van der Waals surface area (Å²) in [5.41, 5.74) is 1.04. The van der Waals surface area contributed by atoms with Gasteiger partial charge in [0.05, 0.1) is 24.1 Å². The molecule has 1 atom stereocenters. The first-order chi connectivity index (χ1) is 8.74. The van der Waals surface area contributed by atoms with Gasteiger partial charge < -0.3 is 15.4 Å². The summed E-state index contributed by atoms with van der Waals surface area (Å²) in [6.45, 7) is 4.95. The van der Waals surface area contributed by atoms with Crippen LogP contribution in [-0.4, -0.2) is 43.2 Å². The average Bonchev–Trinajstić information content (AvgIpc) is 2.76. The molecule has 1 aromatic rings. The number of ether oxygens (including phenoxy) is 1. The van der Waals surface area contributed by atoms with Crippen LogP contribution in [0.1, 0.15) is 17.1 Å². The largest absolute Gasteiger partial charge is 0.375 e. The molecule has 0 bridgehead atoms. The van der Waals surface area contributed by atoms with E-state index in [4.69, 9.17) is 4.74 Å². The third-order valence-corrected chi connectivity index (χ3v) is 3.77. The van der Waals surface area contributed by atoms with Gasteiger partial charge >= 0.3 is 0 Å². The molecule has 1 amide bonds. The molecular weight excluding hydrogens is 250 g/mol. The Labute approximate surface area is 111 Å². The van der Waals surface area contributed by atoms with E-state index in [2.05, 4.69) is 15.6 Å². The minimum atomic E-state index is 0.0147. The average molecular weight is 269 g/mol. The number of aromatic nitrogens is 1. The molecule has 1 unspecified atom stereocenters. The molecule has 1 aliphatic heterocycles. The van der Waals surface area contributed by atoms with Gasteiger partial charge in [-0.25, -0.2) is 4.98 Å². The van der Waals surface area contributed by atoms with Crippen molar-refractivity contribution in [3.63, 3.8) is 0 Å². The molecule has 2 heterocycles. The predicted octanol–water partition coefficient (Wildman–Crippen LogP) is 0.489. The van der Waals surface area contributed by atoms with Crippen LogP contribution in [0.4, 0.5) is 0 Å². The molecule has 0 aromatic carbocycles. The molecule has 1 aromatic heterocycles. The van der Waals surface area contributed by atoms with Crippen LogP contribution in [-0.2, 0) is 16.0 Å². The lowest BCUT2D eigenvalue weighted by molar-refractivity contribution is -0.124. The number of carbonyl (C=O) groups is 1. The molecule has 2 N–H and O–H groups in total. The van der Waals surface area contributed by atoms with E-state index in [9.17, 15) is 4.79 Å². The van der Waals surface area contributed by atoms with Crippen LogP contribution < -0.4 is 10.6 Å². The highest BCUT2D eigenvalue weighted by atomic mass is 32.1. The number of carbonyl (C=O) groups excluding carboxylic acids is 1. The topological polar surface area (TPSA) is 63.2 Å². The van der Waals surface area contributed by atoms with Crippen molar-refractivity contribution in [2.45, 2.75) is 25.9 Å². The lowest BCUT2D eigenvalue weighted by Gasteiger charge is -2.22. The molecule has 1 saturated heterocycles. The molecule has 6 heteroatoms. The normalized spacial score (nSPS) is 19.7. The second kappa shape index (κ2) is 6.82. The molecule has 0 saturated carbocycles. The molecule has 0 spiro atoms. The quantitative estimate of drug-likeness (QED) is 0.816. The molecule has 5 nitrogen and oxygen atoms in total. The molecule has 0 radical (unpaired) electrons. The lowest BCUT2D eigenvalue weighted by atomic mass is 10.2. The van der Waals surface area contributed by atoms with Gasteiger partial charge in [0.25, 0.3) is 0 Å². The summed E-state index contributed by atoms with van der Waals surface area (Å²) in [6, 6.07) is 0. The van der Waals surface area contributed by atoms with E-state index >= 15 is 0 Å². The highest BCUT2D eigenvalue weighted by Crippen LogP contribution is 2.08. The first-order valence-corrected chi connectivity index (χ1v) is 7.12. The van der Waals surface area contributed by atoms with Crippen molar-refractivity contribution in [2.75, 3.05) is 26.2 Å². The Balaban J connectivity index is 1.62. The molecule has 2 rings (SSSR count). The van der Waals surface area contributed by atoms with Crippen molar-refractivity contribution in [1.29, 1.82) is 0 Å². The Hall–Kier alpha value is -0.980. The third-order valence-electron chi connectivity index (χ3n) is 2.75. The number of amides is 1. The maximum atomic E-state index is 11.7. The number of nitrogens with one attached hydrogen (secondary N) is 2. The Morgan fingerprint density at radius 3 is 3.28 bits per heavy atom. The Morgan fingerprint density at radius 2 is 2.61 bits per heavy atom. The zero-order chi connectivity index (χ0) is 12.8. The standard InChI is InChI=1S/C12H19N3O2S/c1-9-8-18-12(15-9)2-3-14-11(16)6-10-7-13-4-5-17-10/h8,10,13H,2-7H2,1H3,(H,14,16). The molecule has 18 heavy (non-hydrogen) atoms. The van der Waals surface area contributed by atoms with Gasteiger partial charge in [0, 0.05) is 37.1 Å². The Morgan fingerprint density at radius 1 is 1.72 bits per heavy atom. The van der Waals surface area contributed by atoms with Crippen LogP contribution in [0, 0.1) is 6.92 Å². The van der Waals surface area contributed by atoms with Crippen molar-refractivity contribution < 1.29 is 9.53 Å². The Bertz CT molecular complexity index is 388. The van der Waals surface area contributed by atoms with E-state index in [1.165, 1.54) is 0 Å². The van der Waals surface area contributed by atoms with E-state index in [0.717, 1.165) is 30.2 Å². The fraction of sp³-hybridized carbons (Fsp3) is 0.667. The van der Waals surface area contributed by atoms with Crippen LogP contribution in [0.5, 0.6) is 0 Å². The van der Waals surface area contributed by atoms with Gasteiger partial charge in [-0.3, -0.25) is 4.79 Å². The van der Waals surface area contributed by atoms with E-state index in [-0.39, 0.29) is 12.0 Å². The van der Waals surface area contributed by atoms with E-state index in [1.807, 2.05) is 12.3 Å². The summed E-state index contributed by atoms with van der Waals surface area (Å²) in [4.78, 5) is 16.0. The number of hydrogen-bond acceptors (Lipinski definition) is 5. The van der Waals surface area contributed by atoms with Crippen LogP contribution in [0.3, 0.4) is 0 Å². The Kier molecular flexibility index (Phi) is 5.10. The molecule has 100 valence electrons. The molecule has 1 aliphatic rings. The van der Waals surface area contributed by atoms with Crippen molar-refractivity contribution in [2.24, 2.45) is 0 Å². The number of aryl methyl sites for hydroxylation is 1. The maximum absolute atomic E-state index is 11.7. The fourth-order valence-electron chi connectivity index (χ4n) is 1.86. The summed E-state index contributed by atoms with van der Waals surface area (Å²) in [7, 11) is 0. The lowest BCUT2D eigenvalue weighted by Crippen LogP contribution is -2.41. The molecule has 0 aliphatic carbocycles. The smallest absolute Gasteiger partial charge is 0.222 e. The molecule has 1 fully saturated rings. The van der Waals surface area contributed by atoms with Crippen LogP contribution in [0.15, 0.2) is 5.38 Å². The number of thiazole rings is 1. The molecular formula is C12H19N3O2S. The van der Waals surface area contributed by atoms with Gasteiger partial charge in [-0.2, -0.15) is 0 Å². The van der Waals surface area contributed by atoms with Crippen LogP contribution in [0.25, 0.3) is 0 Å². The number of nitrogens with zero attached hydrogens (tertiary/aromatic N) is 1. The number of rotatable bonds is 5. The van der Waals surface area contributed by atoms with Gasteiger partial charge in [-0.1, -0.05) is 0 Å². The highest BCUT2D eigenvalue weighted by molar-refractivity contribution is 7.09. The summed E-state index contributed by atoms with van der Waals surface area (Å²) in [6.07, 6.45) is 1.25. The summed E-state index contributed by atoms with van der Waals surface area (Å²) in [5.74, 6) is 0.0528. The van der Waals surface area contributed by atoms with Gasteiger partial charge in [-0.05, 0) is 6.92 Å². The van der Waals surface area contributed by atoms with E-state index < -0.39 is 0 Å². The summed E-state index contributed by atoms with van der Waals surface area (Å²) in [5, 5.41) is 9.22. The van der Waals surface area contributed by atoms with Gasteiger partial charge in [0.2, 0.25) is 5.91 Å². The van der Waals surface area contributed by atoms with Crippen molar-refractivity contribution in [3.05, 3.63) is 16.1 Å². The van der Waals surface area contributed by atoms with Crippen LogP contribution >= 0.6 is 11.3 Å². The maximum Gasteiger partial charge on any atom is 0.222 e. The zero-order valence-corrected chi connectivity index (χ0v) is 11.4. The van der Waals surface area contributed by atoms with E-state index in [1.54, 1.807) is 11.3 Å². The summed E-state index contributed by atoms with van der Waals surface area (Å²) >= 11 is 1.64. The summed E-state index contributed by atoms with van der Waals surface area (Å²) < 4.78 is 5.48. The number of hydrogen-bond donors (Lipinski definition) is 2. The highest BCUT2D eigenvalue weighted by Gasteiger charge is 2.16. The first kappa shape index (κ1) is 13.5. The van der Waals surface area contributed by atoms with Gasteiger partial charge in [0.1, 0.15) is 0 Å². The SMILES string of the molecule is Cc1csc(CCNC(=O)CC2CNCCO2)n1. The monoisotopic (exact) mass is 269 g/mol. The number of morpholine rings is 1. The third kappa shape index (κ3) is 4.36. The fourth-order valence-corrected chi connectivity index (χ4v) is 2.63. The van der Waals surface area contributed by atoms with Crippen molar-refractivity contribution in [3.8, 4) is 0 Å². The van der Waals surface area contributed by atoms with Crippen molar-refractivity contribution in [1.82, 2.24) is 15.6 Å². The second-order valence-corrected chi connectivity index (χ2v) is 5.33. The zero-order valence-electron chi connectivity index (χ0n) is 10.6. The van der Waals surface area contributed by atoms with Gasteiger partial charge in [0.15, 0.2) is 0 Å². The first-order valence-electron chi connectivity index (χ1n) is 6.24. The van der Waals surface area contributed by atoms with Crippen LogP contribution in [0.2, 0.25) is 0 Å². The minimum Gasteiger partial charge on any atom is -0.375 e. The van der Waals surface area contributed by atoms with E-state index in [0.29, 0.717) is 19.6 Å². The second-order valence-electron chi connectivity index (χ2n) is 4.38.